The van der Waals surface area contributed by atoms with Crippen LogP contribution in [0.4, 0.5) is 0 Å². The number of benzene rings is 1. The van der Waals surface area contributed by atoms with Crippen molar-refractivity contribution >= 4 is 22.2 Å². The molecular formula is C11H13BrO2. The van der Waals surface area contributed by atoms with Crippen molar-refractivity contribution in [3.05, 3.63) is 28.2 Å². The van der Waals surface area contributed by atoms with Crippen LogP contribution >= 0.6 is 15.9 Å². The van der Waals surface area contributed by atoms with E-state index in [1.807, 2.05) is 6.07 Å². The van der Waals surface area contributed by atoms with Crippen LogP contribution in [0.5, 0.6) is 5.75 Å². The molecule has 0 bridgehead atoms. The van der Waals surface area contributed by atoms with Crippen molar-refractivity contribution in [1.29, 1.82) is 0 Å². The molecule has 0 unspecified atom stereocenters. The molecule has 0 N–H and O–H groups in total. The average molecular weight is 257 g/mol. The van der Waals surface area contributed by atoms with Gasteiger partial charge in [-0.3, -0.25) is 4.79 Å². The van der Waals surface area contributed by atoms with E-state index in [9.17, 15) is 4.79 Å². The number of ether oxygens (including phenoxy) is 1. The highest BCUT2D eigenvalue weighted by Crippen LogP contribution is 2.21. The van der Waals surface area contributed by atoms with Crippen LogP contribution in [0, 0.1) is 5.92 Å². The first-order valence-electron chi connectivity index (χ1n) is 4.50. The summed E-state index contributed by atoms with van der Waals surface area (Å²) in [5.41, 5.74) is 0.623. The minimum absolute atomic E-state index is 0.480. The zero-order chi connectivity index (χ0) is 10.6. The van der Waals surface area contributed by atoms with Crippen LogP contribution < -0.4 is 4.74 Å². The Morgan fingerprint density at radius 2 is 2.14 bits per heavy atom. The Kier molecular flexibility index (Phi) is 4.14. The summed E-state index contributed by atoms with van der Waals surface area (Å²) in [6.45, 7) is 4.83. The Bertz CT molecular complexity index is 321. The fourth-order valence-electron chi connectivity index (χ4n) is 0.999. The second-order valence-electron chi connectivity index (χ2n) is 3.54. The van der Waals surface area contributed by atoms with Gasteiger partial charge in [-0.2, -0.15) is 0 Å². The number of rotatable bonds is 4. The van der Waals surface area contributed by atoms with Crippen molar-refractivity contribution < 1.29 is 9.53 Å². The Morgan fingerprint density at radius 3 is 2.71 bits per heavy atom. The molecule has 0 radical (unpaired) electrons. The highest BCUT2D eigenvalue weighted by Gasteiger charge is 2.01. The summed E-state index contributed by atoms with van der Waals surface area (Å²) in [6, 6.07) is 5.35. The molecular weight excluding hydrogens is 244 g/mol. The lowest BCUT2D eigenvalue weighted by molar-refractivity contribution is 0.112. The van der Waals surface area contributed by atoms with Gasteiger partial charge in [0.15, 0.2) is 0 Å². The Labute approximate surface area is 92.4 Å². The molecule has 0 atom stereocenters. The van der Waals surface area contributed by atoms with Crippen LogP contribution in [0.25, 0.3) is 0 Å². The van der Waals surface area contributed by atoms with Crippen LogP contribution in [0.2, 0.25) is 0 Å². The van der Waals surface area contributed by atoms with Crippen LogP contribution in [0.15, 0.2) is 22.7 Å². The molecule has 0 aliphatic rings. The summed E-state index contributed by atoms with van der Waals surface area (Å²) in [6.07, 6.45) is 0.812. The van der Waals surface area contributed by atoms with Crippen molar-refractivity contribution in [2.75, 3.05) is 6.61 Å². The van der Waals surface area contributed by atoms with Gasteiger partial charge in [0, 0.05) is 10.0 Å². The number of aldehydes is 1. The zero-order valence-corrected chi connectivity index (χ0v) is 9.87. The van der Waals surface area contributed by atoms with Crippen LogP contribution in [0.3, 0.4) is 0 Å². The standard InChI is InChI=1S/C11H13BrO2/c1-8(2)7-14-11-4-9(6-13)3-10(12)5-11/h3-6,8H,7H2,1-2H3. The van der Waals surface area contributed by atoms with Crippen LogP contribution in [-0.4, -0.2) is 12.9 Å². The minimum atomic E-state index is 0.480. The summed E-state index contributed by atoms with van der Waals surface area (Å²) in [4.78, 5) is 10.6. The van der Waals surface area contributed by atoms with Crippen molar-refractivity contribution in [3.63, 3.8) is 0 Å². The van der Waals surface area contributed by atoms with Gasteiger partial charge in [0.05, 0.1) is 6.61 Å². The molecule has 1 rings (SSSR count). The maximum Gasteiger partial charge on any atom is 0.150 e. The first-order valence-corrected chi connectivity index (χ1v) is 5.29. The van der Waals surface area contributed by atoms with Crippen molar-refractivity contribution in [2.24, 2.45) is 5.92 Å². The van der Waals surface area contributed by atoms with Gasteiger partial charge in [0.1, 0.15) is 12.0 Å². The highest BCUT2D eigenvalue weighted by molar-refractivity contribution is 9.10. The topological polar surface area (TPSA) is 26.3 Å². The largest absolute Gasteiger partial charge is 0.493 e. The number of halogens is 1. The molecule has 0 aliphatic carbocycles. The maximum absolute atomic E-state index is 10.6. The van der Waals surface area contributed by atoms with E-state index in [-0.39, 0.29) is 0 Å². The van der Waals surface area contributed by atoms with Gasteiger partial charge in [-0.1, -0.05) is 29.8 Å². The van der Waals surface area contributed by atoms with Gasteiger partial charge in [-0.05, 0) is 24.1 Å². The minimum Gasteiger partial charge on any atom is -0.493 e. The molecule has 14 heavy (non-hydrogen) atoms. The molecule has 0 heterocycles. The van der Waals surface area contributed by atoms with Crippen LogP contribution in [-0.2, 0) is 0 Å². The highest BCUT2D eigenvalue weighted by atomic mass is 79.9. The molecule has 3 heteroatoms. The Morgan fingerprint density at radius 1 is 1.43 bits per heavy atom. The van der Waals surface area contributed by atoms with E-state index in [4.69, 9.17) is 4.74 Å². The number of carbonyl (C=O) groups is 1. The average Bonchev–Trinajstić information content (AvgIpc) is 2.14. The molecule has 0 fully saturated rings. The van der Waals surface area contributed by atoms with E-state index < -0.39 is 0 Å². The fraction of sp³-hybridized carbons (Fsp3) is 0.364. The van der Waals surface area contributed by atoms with E-state index in [1.165, 1.54) is 0 Å². The van der Waals surface area contributed by atoms with Gasteiger partial charge in [-0.15, -0.1) is 0 Å². The zero-order valence-electron chi connectivity index (χ0n) is 8.29. The van der Waals surface area contributed by atoms with Gasteiger partial charge >= 0.3 is 0 Å². The van der Waals surface area contributed by atoms with Gasteiger partial charge in [-0.25, -0.2) is 0 Å². The number of hydrogen-bond acceptors (Lipinski definition) is 2. The molecule has 0 saturated carbocycles. The summed E-state index contributed by atoms with van der Waals surface area (Å²) in [5.74, 6) is 1.21. The molecule has 0 aromatic heterocycles. The quantitative estimate of drug-likeness (QED) is 0.773. The smallest absolute Gasteiger partial charge is 0.150 e. The normalized spacial score (nSPS) is 10.3. The monoisotopic (exact) mass is 256 g/mol. The molecule has 0 saturated heterocycles. The molecule has 76 valence electrons. The molecule has 1 aromatic rings. The molecule has 0 spiro atoms. The summed E-state index contributed by atoms with van der Waals surface area (Å²) < 4.78 is 6.36. The summed E-state index contributed by atoms with van der Waals surface area (Å²) in [7, 11) is 0. The second-order valence-corrected chi connectivity index (χ2v) is 4.46. The number of carbonyl (C=O) groups excluding carboxylic acids is 1. The maximum atomic E-state index is 10.6. The Hall–Kier alpha value is -0.830. The molecule has 0 amide bonds. The lowest BCUT2D eigenvalue weighted by Crippen LogP contribution is -2.04. The second kappa shape index (κ2) is 5.15. The third-order valence-electron chi connectivity index (χ3n) is 1.61. The summed E-state index contributed by atoms with van der Waals surface area (Å²) in [5, 5.41) is 0. The molecule has 2 nitrogen and oxygen atoms in total. The van der Waals surface area contributed by atoms with E-state index in [0.29, 0.717) is 18.1 Å². The van der Waals surface area contributed by atoms with E-state index >= 15 is 0 Å². The van der Waals surface area contributed by atoms with E-state index in [0.717, 1.165) is 16.5 Å². The van der Waals surface area contributed by atoms with Crippen molar-refractivity contribution in [3.8, 4) is 5.75 Å². The van der Waals surface area contributed by atoms with Gasteiger partial charge in [0.2, 0.25) is 0 Å². The number of hydrogen-bond donors (Lipinski definition) is 0. The van der Waals surface area contributed by atoms with Crippen molar-refractivity contribution in [2.45, 2.75) is 13.8 Å². The van der Waals surface area contributed by atoms with Crippen LogP contribution in [0.1, 0.15) is 24.2 Å². The third kappa shape index (κ3) is 3.50. The predicted octanol–water partition coefficient (Wildman–Crippen LogP) is 3.30. The first-order chi connectivity index (χ1) is 6.61. The van der Waals surface area contributed by atoms with Crippen molar-refractivity contribution in [1.82, 2.24) is 0 Å². The molecule has 0 aliphatic heterocycles. The van der Waals surface area contributed by atoms with Gasteiger partial charge in [0.25, 0.3) is 0 Å². The fourth-order valence-corrected chi connectivity index (χ4v) is 1.49. The predicted molar refractivity (Wildman–Crippen MR) is 59.9 cm³/mol. The summed E-state index contributed by atoms with van der Waals surface area (Å²) >= 11 is 3.32. The lowest BCUT2D eigenvalue weighted by Gasteiger charge is -2.09. The first kappa shape index (κ1) is 11.2. The molecule has 1 aromatic carbocycles. The van der Waals surface area contributed by atoms with Gasteiger partial charge < -0.3 is 4.74 Å². The van der Waals surface area contributed by atoms with E-state index in [1.54, 1.807) is 12.1 Å². The van der Waals surface area contributed by atoms with E-state index in [2.05, 4.69) is 29.8 Å². The SMILES string of the molecule is CC(C)COc1cc(Br)cc(C=O)c1. The lowest BCUT2D eigenvalue weighted by atomic mass is 10.2. The Balaban J connectivity index is 2.76. The third-order valence-corrected chi connectivity index (χ3v) is 2.07.